The van der Waals surface area contributed by atoms with Crippen molar-refractivity contribution < 1.29 is 14.6 Å². The molecular formula is C10H17NO3. The molecule has 2 rings (SSSR count). The fraction of sp³-hybridized carbons (Fsp3) is 0.900. The first-order valence-corrected chi connectivity index (χ1v) is 5.33. The SMILES string of the molecule is O=C(O)C(C1CCOC1)N1CCCC1. The van der Waals surface area contributed by atoms with Crippen LogP contribution in [0.15, 0.2) is 0 Å². The minimum Gasteiger partial charge on any atom is -0.480 e. The zero-order chi connectivity index (χ0) is 9.97. The molecular weight excluding hydrogens is 182 g/mol. The molecule has 2 unspecified atom stereocenters. The van der Waals surface area contributed by atoms with Crippen molar-refractivity contribution in [2.75, 3.05) is 26.3 Å². The Balaban J connectivity index is 2.02. The number of rotatable bonds is 3. The second kappa shape index (κ2) is 4.28. The van der Waals surface area contributed by atoms with Gasteiger partial charge in [-0.2, -0.15) is 0 Å². The van der Waals surface area contributed by atoms with E-state index in [9.17, 15) is 9.90 Å². The summed E-state index contributed by atoms with van der Waals surface area (Å²) in [7, 11) is 0. The van der Waals surface area contributed by atoms with Gasteiger partial charge in [-0.3, -0.25) is 9.69 Å². The van der Waals surface area contributed by atoms with E-state index >= 15 is 0 Å². The largest absolute Gasteiger partial charge is 0.480 e. The van der Waals surface area contributed by atoms with Crippen molar-refractivity contribution in [2.45, 2.75) is 25.3 Å². The standard InChI is InChI=1S/C10H17NO3/c12-10(13)9(8-3-6-14-7-8)11-4-1-2-5-11/h8-9H,1-7H2,(H,12,13). The fourth-order valence-corrected chi connectivity index (χ4v) is 2.48. The van der Waals surface area contributed by atoms with E-state index in [2.05, 4.69) is 4.90 Å². The summed E-state index contributed by atoms with van der Waals surface area (Å²) in [5.74, 6) is -0.479. The van der Waals surface area contributed by atoms with E-state index < -0.39 is 5.97 Å². The molecule has 4 nitrogen and oxygen atoms in total. The molecule has 2 heterocycles. The Morgan fingerprint density at radius 2 is 2.14 bits per heavy atom. The lowest BCUT2D eigenvalue weighted by Gasteiger charge is -2.27. The van der Waals surface area contributed by atoms with Crippen LogP contribution in [0.2, 0.25) is 0 Å². The Bertz CT molecular complexity index is 191. The van der Waals surface area contributed by atoms with Gasteiger partial charge in [-0.05, 0) is 32.4 Å². The van der Waals surface area contributed by atoms with Crippen molar-refractivity contribution in [1.29, 1.82) is 0 Å². The molecule has 0 aliphatic carbocycles. The fourth-order valence-electron chi connectivity index (χ4n) is 2.48. The summed E-state index contributed by atoms with van der Waals surface area (Å²) in [5, 5.41) is 9.20. The molecule has 4 heteroatoms. The lowest BCUT2D eigenvalue weighted by Crippen LogP contribution is -2.45. The second-order valence-corrected chi connectivity index (χ2v) is 4.15. The Morgan fingerprint density at radius 1 is 1.43 bits per heavy atom. The third kappa shape index (κ3) is 1.91. The van der Waals surface area contributed by atoms with Gasteiger partial charge in [-0.15, -0.1) is 0 Å². The predicted molar refractivity (Wildman–Crippen MR) is 51.2 cm³/mol. The molecule has 0 radical (unpaired) electrons. The summed E-state index contributed by atoms with van der Waals surface area (Å²) in [6.45, 7) is 3.22. The quantitative estimate of drug-likeness (QED) is 0.722. The highest BCUT2D eigenvalue weighted by molar-refractivity contribution is 5.74. The van der Waals surface area contributed by atoms with Crippen LogP contribution < -0.4 is 0 Å². The van der Waals surface area contributed by atoms with Gasteiger partial charge in [-0.1, -0.05) is 0 Å². The van der Waals surface area contributed by atoms with Gasteiger partial charge in [0.1, 0.15) is 6.04 Å². The molecule has 0 amide bonds. The number of likely N-dealkylation sites (tertiary alicyclic amines) is 1. The second-order valence-electron chi connectivity index (χ2n) is 4.15. The Morgan fingerprint density at radius 3 is 2.64 bits per heavy atom. The van der Waals surface area contributed by atoms with Crippen LogP contribution >= 0.6 is 0 Å². The van der Waals surface area contributed by atoms with Gasteiger partial charge >= 0.3 is 5.97 Å². The summed E-state index contributed by atoms with van der Waals surface area (Å²) in [5.41, 5.74) is 0. The van der Waals surface area contributed by atoms with Crippen LogP contribution in [0.1, 0.15) is 19.3 Å². The van der Waals surface area contributed by atoms with E-state index in [1.807, 2.05) is 0 Å². The number of nitrogens with zero attached hydrogens (tertiary/aromatic N) is 1. The molecule has 0 aromatic rings. The Labute approximate surface area is 83.8 Å². The lowest BCUT2D eigenvalue weighted by atomic mass is 9.98. The Hall–Kier alpha value is -0.610. The number of carbonyl (C=O) groups is 1. The summed E-state index contributed by atoms with van der Waals surface area (Å²) in [6, 6.07) is -0.306. The van der Waals surface area contributed by atoms with Crippen LogP contribution in [0.5, 0.6) is 0 Å². The maximum Gasteiger partial charge on any atom is 0.321 e. The number of aliphatic carboxylic acids is 1. The molecule has 2 fully saturated rings. The maximum atomic E-state index is 11.2. The summed E-state index contributed by atoms with van der Waals surface area (Å²) in [4.78, 5) is 13.3. The number of hydrogen-bond donors (Lipinski definition) is 1. The highest BCUT2D eigenvalue weighted by Gasteiger charge is 2.36. The van der Waals surface area contributed by atoms with Gasteiger partial charge < -0.3 is 9.84 Å². The minimum absolute atomic E-state index is 0.200. The van der Waals surface area contributed by atoms with Crippen molar-refractivity contribution in [2.24, 2.45) is 5.92 Å². The highest BCUT2D eigenvalue weighted by atomic mass is 16.5. The maximum absolute atomic E-state index is 11.2. The van der Waals surface area contributed by atoms with E-state index in [1.54, 1.807) is 0 Å². The number of hydrogen-bond acceptors (Lipinski definition) is 3. The first-order valence-electron chi connectivity index (χ1n) is 5.33. The third-order valence-corrected chi connectivity index (χ3v) is 3.20. The monoisotopic (exact) mass is 199 g/mol. The number of carboxylic acid groups (broad SMARTS) is 1. The zero-order valence-corrected chi connectivity index (χ0v) is 8.32. The molecule has 0 bridgehead atoms. The van der Waals surface area contributed by atoms with E-state index in [0.29, 0.717) is 6.61 Å². The van der Waals surface area contributed by atoms with E-state index in [1.165, 1.54) is 0 Å². The van der Waals surface area contributed by atoms with E-state index in [-0.39, 0.29) is 12.0 Å². The molecule has 1 N–H and O–H groups in total. The van der Waals surface area contributed by atoms with Crippen molar-refractivity contribution in [3.63, 3.8) is 0 Å². The van der Waals surface area contributed by atoms with Crippen LogP contribution in [0, 0.1) is 5.92 Å². The molecule has 2 saturated heterocycles. The van der Waals surface area contributed by atoms with E-state index in [4.69, 9.17) is 4.74 Å². The number of carboxylic acids is 1. The van der Waals surface area contributed by atoms with Crippen LogP contribution in [-0.4, -0.2) is 48.3 Å². The molecule has 80 valence electrons. The molecule has 0 aromatic carbocycles. The van der Waals surface area contributed by atoms with Crippen LogP contribution in [0.25, 0.3) is 0 Å². The van der Waals surface area contributed by atoms with Crippen molar-refractivity contribution in [3.05, 3.63) is 0 Å². The molecule has 2 atom stereocenters. The number of ether oxygens (including phenoxy) is 1. The van der Waals surface area contributed by atoms with Crippen LogP contribution in [-0.2, 0) is 9.53 Å². The van der Waals surface area contributed by atoms with Gasteiger partial charge in [0.2, 0.25) is 0 Å². The molecule has 14 heavy (non-hydrogen) atoms. The van der Waals surface area contributed by atoms with Gasteiger partial charge in [0.15, 0.2) is 0 Å². The smallest absolute Gasteiger partial charge is 0.321 e. The minimum atomic E-state index is -0.678. The van der Waals surface area contributed by atoms with Crippen molar-refractivity contribution in [3.8, 4) is 0 Å². The molecule has 0 spiro atoms. The average molecular weight is 199 g/mol. The molecule has 2 aliphatic heterocycles. The summed E-state index contributed by atoms with van der Waals surface area (Å²) in [6.07, 6.45) is 3.17. The topological polar surface area (TPSA) is 49.8 Å². The molecule has 0 aromatic heterocycles. The normalized spacial score (nSPS) is 30.7. The van der Waals surface area contributed by atoms with Crippen molar-refractivity contribution in [1.82, 2.24) is 4.90 Å². The van der Waals surface area contributed by atoms with Gasteiger partial charge in [0.05, 0.1) is 6.61 Å². The van der Waals surface area contributed by atoms with Gasteiger partial charge in [0, 0.05) is 12.5 Å². The predicted octanol–water partition coefficient (Wildman–Crippen LogP) is 0.572. The highest BCUT2D eigenvalue weighted by Crippen LogP contribution is 2.24. The van der Waals surface area contributed by atoms with E-state index in [0.717, 1.165) is 39.0 Å². The van der Waals surface area contributed by atoms with Crippen molar-refractivity contribution >= 4 is 5.97 Å². The lowest BCUT2D eigenvalue weighted by molar-refractivity contribution is -0.145. The Kier molecular flexibility index (Phi) is 3.03. The first kappa shape index (κ1) is 9.93. The molecule has 2 aliphatic rings. The van der Waals surface area contributed by atoms with Gasteiger partial charge in [0.25, 0.3) is 0 Å². The first-order chi connectivity index (χ1) is 6.79. The van der Waals surface area contributed by atoms with Gasteiger partial charge in [-0.25, -0.2) is 0 Å². The average Bonchev–Trinajstić information content (AvgIpc) is 2.75. The summed E-state index contributed by atoms with van der Waals surface area (Å²) >= 11 is 0. The third-order valence-electron chi connectivity index (χ3n) is 3.20. The van der Waals surface area contributed by atoms with Crippen LogP contribution in [0.4, 0.5) is 0 Å². The summed E-state index contributed by atoms with van der Waals surface area (Å²) < 4.78 is 5.26. The zero-order valence-electron chi connectivity index (χ0n) is 8.32. The van der Waals surface area contributed by atoms with Crippen LogP contribution in [0.3, 0.4) is 0 Å². The molecule has 0 saturated carbocycles.